The first kappa shape index (κ1) is 3.99. The Morgan fingerprint density at radius 1 is 1.67 bits per heavy atom. The highest BCUT2D eigenvalue weighted by molar-refractivity contribution is 4.73. The number of halogens is 2. The number of epoxide rings is 1. The minimum atomic E-state index is -1.31. The normalized spacial score (nSPS) is 43.0. The predicted octanol–water partition coefficient (Wildman–Crippen LogP) is 0.650. The van der Waals surface area contributed by atoms with Crippen LogP contribution in [0.5, 0.6) is 0 Å². The molecule has 6 heavy (non-hydrogen) atoms. The molecule has 0 aromatic rings. The van der Waals surface area contributed by atoms with Crippen LogP contribution in [0.2, 0.25) is 0 Å². The molecular formula is C3H4F2O. The van der Waals surface area contributed by atoms with E-state index in [9.17, 15) is 8.78 Å². The topological polar surface area (TPSA) is 12.5 Å². The van der Waals surface area contributed by atoms with Crippen LogP contribution < -0.4 is 0 Å². The summed E-state index contributed by atoms with van der Waals surface area (Å²) in [7, 11) is 0. The molecule has 0 N–H and O–H groups in total. The largest absolute Gasteiger partial charge is 0.334 e. The van der Waals surface area contributed by atoms with Crippen molar-refractivity contribution in [2.75, 3.05) is 6.67 Å². The van der Waals surface area contributed by atoms with Crippen LogP contribution in [0.1, 0.15) is 0 Å². The first-order chi connectivity index (χ1) is 2.84. The van der Waals surface area contributed by atoms with E-state index in [-0.39, 0.29) is 0 Å². The average molecular weight is 94.1 g/mol. The van der Waals surface area contributed by atoms with Crippen LogP contribution in [0.15, 0.2) is 0 Å². The highest BCUT2D eigenvalue weighted by Gasteiger charge is 2.38. The Balaban J connectivity index is 2.09. The number of ether oxygens (including phenoxy) is 1. The van der Waals surface area contributed by atoms with E-state index >= 15 is 0 Å². The van der Waals surface area contributed by atoms with Crippen LogP contribution in [0, 0.1) is 0 Å². The molecule has 1 heterocycles. The van der Waals surface area contributed by atoms with E-state index in [2.05, 4.69) is 4.74 Å². The number of rotatable bonds is 1. The molecule has 0 aliphatic carbocycles. The SMILES string of the molecule is FCC1OC1F. The molecule has 0 aromatic heterocycles. The van der Waals surface area contributed by atoms with E-state index in [1.165, 1.54) is 0 Å². The maximum absolute atomic E-state index is 11.3. The lowest BCUT2D eigenvalue weighted by Gasteiger charge is -1.67. The smallest absolute Gasteiger partial charge is 0.228 e. The predicted molar refractivity (Wildman–Crippen MR) is 15.7 cm³/mol. The third kappa shape index (κ3) is 0.497. The van der Waals surface area contributed by atoms with Crippen LogP contribution in [0.3, 0.4) is 0 Å². The molecule has 0 spiro atoms. The third-order valence-electron chi connectivity index (χ3n) is 0.673. The van der Waals surface area contributed by atoms with E-state index in [0.29, 0.717) is 0 Å². The van der Waals surface area contributed by atoms with Crippen LogP contribution >= 0.6 is 0 Å². The van der Waals surface area contributed by atoms with Crippen molar-refractivity contribution < 1.29 is 13.5 Å². The molecule has 36 valence electrons. The zero-order valence-electron chi connectivity index (χ0n) is 3.03. The van der Waals surface area contributed by atoms with Crippen molar-refractivity contribution >= 4 is 0 Å². The van der Waals surface area contributed by atoms with Crippen molar-refractivity contribution in [3.8, 4) is 0 Å². The van der Waals surface area contributed by atoms with Crippen LogP contribution in [-0.2, 0) is 4.74 Å². The quantitative estimate of drug-likeness (QED) is 0.434. The Kier molecular flexibility index (Phi) is 0.765. The second-order valence-electron chi connectivity index (χ2n) is 1.18. The highest BCUT2D eigenvalue weighted by atomic mass is 19.2. The van der Waals surface area contributed by atoms with Gasteiger partial charge in [0.15, 0.2) is 0 Å². The monoisotopic (exact) mass is 94.0 g/mol. The van der Waals surface area contributed by atoms with Gasteiger partial charge in [0.1, 0.15) is 12.8 Å². The third-order valence-corrected chi connectivity index (χ3v) is 0.673. The molecule has 2 atom stereocenters. The van der Waals surface area contributed by atoms with Crippen molar-refractivity contribution in [1.82, 2.24) is 0 Å². The molecule has 1 saturated heterocycles. The summed E-state index contributed by atoms with van der Waals surface area (Å²) in [4.78, 5) is 0. The Morgan fingerprint density at radius 2 is 2.17 bits per heavy atom. The van der Waals surface area contributed by atoms with Gasteiger partial charge in [-0.3, -0.25) is 0 Å². The van der Waals surface area contributed by atoms with Gasteiger partial charge in [0.05, 0.1) is 0 Å². The Morgan fingerprint density at radius 3 is 2.17 bits per heavy atom. The molecule has 0 radical (unpaired) electrons. The number of alkyl halides is 2. The zero-order chi connectivity index (χ0) is 4.57. The summed E-state index contributed by atoms with van der Waals surface area (Å²) >= 11 is 0. The van der Waals surface area contributed by atoms with Gasteiger partial charge in [0, 0.05) is 0 Å². The first-order valence-corrected chi connectivity index (χ1v) is 1.70. The molecule has 0 bridgehead atoms. The van der Waals surface area contributed by atoms with Crippen molar-refractivity contribution in [3.05, 3.63) is 0 Å². The molecule has 1 aliphatic rings. The Hall–Kier alpha value is -0.180. The van der Waals surface area contributed by atoms with Gasteiger partial charge in [-0.1, -0.05) is 0 Å². The summed E-state index contributed by atoms with van der Waals surface area (Å²) in [6.07, 6.45) is -2.04. The molecule has 0 amide bonds. The summed E-state index contributed by atoms with van der Waals surface area (Å²) in [5.41, 5.74) is 0. The minimum absolute atomic E-state index is 0.693. The van der Waals surface area contributed by atoms with Crippen molar-refractivity contribution in [2.45, 2.75) is 12.5 Å². The van der Waals surface area contributed by atoms with E-state index in [1.54, 1.807) is 0 Å². The number of hydrogen-bond acceptors (Lipinski definition) is 1. The zero-order valence-corrected chi connectivity index (χ0v) is 3.03. The fourth-order valence-corrected chi connectivity index (χ4v) is 0.228. The molecule has 3 heteroatoms. The maximum Gasteiger partial charge on any atom is 0.228 e. The van der Waals surface area contributed by atoms with Gasteiger partial charge < -0.3 is 4.74 Å². The Labute approximate surface area is 33.9 Å². The van der Waals surface area contributed by atoms with E-state index < -0.39 is 19.1 Å². The lowest BCUT2D eigenvalue weighted by Crippen LogP contribution is -1.87. The van der Waals surface area contributed by atoms with E-state index in [1.807, 2.05) is 0 Å². The van der Waals surface area contributed by atoms with Crippen LogP contribution in [0.25, 0.3) is 0 Å². The van der Waals surface area contributed by atoms with Gasteiger partial charge >= 0.3 is 0 Å². The van der Waals surface area contributed by atoms with Crippen LogP contribution in [-0.4, -0.2) is 19.1 Å². The fourth-order valence-electron chi connectivity index (χ4n) is 0.228. The van der Waals surface area contributed by atoms with Gasteiger partial charge in [-0.25, -0.2) is 8.78 Å². The lowest BCUT2D eigenvalue weighted by molar-refractivity contribution is 0.259. The summed E-state index contributed by atoms with van der Waals surface area (Å²) in [6, 6.07) is 0. The summed E-state index contributed by atoms with van der Waals surface area (Å²) < 4.78 is 26.4. The molecule has 1 fully saturated rings. The second kappa shape index (κ2) is 1.15. The van der Waals surface area contributed by atoms with Gasteiger partial charge in [-0.05, 0) is 0 Å². The number of hydrogen-bond donors (Lipinski definition) is 0. The van der Waals surface area contributed by atoms with E-state index in [4.69, 9.17) is 0 Å². The summed E-state index contributed by atoms with van der Waals surface area (Å²) in [5, 5.41) is 0. The molecular weight excluding hydrogens is 90.0 g/mol. The van der Waals surface area contributed by atoms with Crippen LogP contribution in [0.4, 0.5) is 8.78 Å². The molecule has 1 aliphatic heterocycles. The van der Waals surface area contributed by atoms with Gasteiger partial charge in [-0.15, -0.1) is 0 Å². The maximum atomic E-state index is 11.3. The molecule has 0 saturated carbocycles. The highest BCUT2D eigenvalue weighted by Crippen LogP contribution is 2.22. The van der Waals surface area contributed by atoms with Gasteiger partial charge in [0.25, 0.3) is 0 Å². The molecule has 0 aromatic carbocycles. The van der Waals surface area contributed by atoms with Crippen molar-refractivity contribution in [2.24, 2.45) is 0 Å². The average Bonchev–Trinajstić information content (AvgIpc) is 2.19. The van der Waals surface area contributed by atoms with E-state index in [0.717, 1.165) is 0 Å². The first-order valence-electron chi connectivity index (χ1n) is 1.70. The van der Waals surface area contributed by atoms with Crippen molar-refractivity contribution in [1.29, 1.82) is 0 Å². The fraction of sp³-hybridized carbons (Fsp3) is 1.00. The molecule has 2 unspecified atom stereocenters. The summed E-state index contributed by atoms with van der Waals surface area (Å²) in [6.45, 7) is -0.693. The Bertz CT molecular complexity index is 54.8. The standard InChI is InChI=1S/C3H4F2O/c4-1-2-3(5)6-2/h2-3H,1H2. The van der Waals surface area contributed by atoms with Crippen molar-refractivity contribution in [3.63, 3.8) is 0 Å². The van der Waals surface area contributed by atoms with Gasteiger partial charge in [-0.2, -0.15) is 0 Å². The summed E-state index contributed by atoms with van der Waals surface area (Å²) in [5.74, 6) is 0. The minimum Gasteiger partial charge on any atom is -0.334 e. The van der Waals surface area contributed by atoms with Gasteiger partial charge in [0.2, 0.25) is 6.36 Å². The lowest BCUT2D eigenvalue weighted by atomic mass is 10.5. The molecule has 1 rings (SSSR count). The molecule has 1 nitrogen and oxygen atoms in total. The second-order valence-corrected chi connectivity index (χ2v) is 1.18.